The zero-order valence-corrected chi connectivity index (χ0v) is 20.1. The second-order valence-corrected chi connectivity index (χ2v) is 14.6. The fraction of sp³-hybridized carbons (Fsp3) is 0.333. The van der Waals surface area contributed by atoms with Crippen LogP contribution in [-0.2, 0) is 11.5 Å². The highest BCUT2D eigenvalue weighted by atomic mass is 28.3. The van der Waals surface area contributed by atoms with Crippen molar-refractivity contribution in [1.29, 1.82) is 0 Å². The van der Waals surface area contributed by atoms with Gasteiger partial charge in [-0.2, -0.15) is 0 Å². The number of rotatable bonds is 8. The summed E-state index contributed by atoms with van der Waals surface area (Å²) in [6.07, 6.45) is 5.36. The van der Waals surface area contributed by atoms with Crippen molar-refractivity contribution in [3.63, 3.8) is 0 Å². The molecule has 4 rings (SSSR count). The molecule has 4 aromatic rings. The topological polar surface area (TPSA) is 81.9 Å². The lowest BCUT2D eigenvalue weighted by Gasteiger charge is -2.16. The number of pyridine rings is 3. The Balaban J connectivity index is 1.68. The number of nitrogens with one attached hydrogen (secondary N) is 1. The third-order valence-corrected chi connectivity index (χ3v) is 7.06. The van der Waals surface area contributed by atoms with Gasteiger partial charge in [-0.25, -0.2) is 4.98 Å². The monoisotopic (exact) mass is 447 g/mol. The highest BCUT2D eigenvalue weighted by Crippen LogP contribution is 2.29. The molecule has 8 heteroatoms. The first-order valence-electron chi connectivity index (χ1n) is 10.9. The van der Waals surface area contributed by atoms with Crippen LogP contribution in [0.3, 0.4) is 0 Å². The SMILES string of the molecule is CCNC(=O)c1ccc(-c2ccc3c4cnccc4n(COCC[Si](C)(C)C)c3n2)cn1. The van der Waals surface area contributed by atoms with E-state index >= 15 is 0 Å². The first kappa shape index (κ1) is 22.1. The van der Waals surface area contributed by atoms with Crippen LogP contribution in [0.25, 0.3) is 33.2 Å². The molecule has 0 atom stereocenters. The fourth-order valence-corrected chi connectivity index (χ4v) is 4.32. The van der Waals surface area contributed by atoms with Crippen LogP contribution in [-0.4, -0.2) is 46.7 Å². The molecule has 4 heterocycles. The van der Waals surface area contributed by atoms with E-state index in [9.17, 15) is 4.79 Å². The molecule has 32 heavy (non-hydrogen) atoms. The maximum atomic E-state index is 12.0. The van der Waals surface area contributed by atoms with Crippen molar-refractivity contribution in [3.8, 4) is 11.3 Å². The van der Waals surface area contributed by atoms with Gasteiger partial charge in [-0.05, 0) is 43.3 Å². The minimum Gasteiger partial charge on any atom is -0.361 e. The number of carbonyl (C=O) groups is 1. The van der Waals surface area contributed by atoms with E-state index in [0.29, 0.717) is 19.0 Å². The molecule has 0 aliphatic heterocycles. The van der Waals surface area contributed by atoms with Crippen molar-refractivity contribution in [2.75, 3.05) is 13.2 Å². The molecule has 0 aromatic carbocycles. The van der Waals surface area contributed by atoms with Crippen LogP contribution in [0.2, 0.25) is 25.7 Å². The number of ether oxygens (including phenoxy) is 1. The third kappa shape index (κ3) is 4.71. The van der Waals surface area contributed by atoms with Crippen molar-refractivity contribution < 1.29 is 9.53 Å². The number of fused-ring (bicyclic) bond motifs is 3. The summed E-state index contributed by atoms with van der Waals surface area (Å²) in [4.78, 5) is 25.5. The van der Waals surface area contributed by atoms with Gasteiger partial charge in [-0.1, -0.05) is 19.6 Å². The number of carbonyl (C=O) groups excluding carboxylic acids is 1. The van der Waals surface area contributed by atoms with E-state index in [2.05, 4.69) is 45.6 Å². The standard InChI is InChI=1S/C24H29N5O2Si/c1-5-26-24(30)21-8-6-17(14-27-21)20-9-7-18-19-15-25-11-10-22(19)29(23(18)28-20)16-31-12-13-32(2,3)4/h6-11,14-15H,5,12-13,16H2,1-4H3,(H,26,30). The van der Waals surface area contributed by atoms with Crippen molar-refractivity contribution in [2.45, 2.75) is 39.3 Å². The quantitative estimate of drug-likeness (QED) is 0.312. The summed E-state index contributed by atoms with van der Waals surface area (Å²) in [5, 5.41) is 4.86. The molecule has 0 unspecified atom stereocenters. The Morgan fingerprint density at radius 3 is 2.66 bits per heavy atom. The van der Waals surface area contributed by atoms with Crippen molar-refractivity contribution in [1.82, 2.24) is 24.8 Å². The Labute approximate surface area is 188 Å². The molecule has 166 valence electrons. The lowest BCUT2D eigenvalue weighted by molar-refractivity contribution is 0.0925. The Morgan fingerprint density at radius 1 is 1.09 bits per heavy atom. The average Bonchev–Trinajstić information content (AvgIpc) is 3.09. The molecule has 0 bridgehead atoms. The Bertz CT molecular complexity index is 1250. The Kier molecular flexibility index (Phi) is 6.34. The van der Waals surface area contributed by atoms with Crippen LogP contribution in [0.15, 0.2) is 48.9 Å². The molecule has 0 aliphatic carbocycles. The lowest BCUT2D eigenvalue weighted by Crippen LogP contribution is -2.23. The minimum absolute atomic E-state index is 0.175. The van der Waals surface area contributed by atoms with Crippen LogP contribution in [0, 0.1) is 0 Å². The molecule has 0 radical (unpaired) electrons. The zero-order chi connectivity index (χ0) is 22.7. The highest BCUT2D eigenvalue weighted by Gasteiger charge is 2.16. The predicted molar refractivity (Wildman–Crippen MR) is 130 cm³/mol. The molecule has 7 nitrogen and oxygen atoms in total. The maximum Gasteiger partial charge on any atom is 0.269 e. The molecular weight excluding hydrogens is 418 g/mol. The molecule has 1 amide bonds. The largest absolute Gasteiger partial charge is 0.361 e. The lowest BCUT2D eigenvalue weighted by atomic mass is 10.1. The van der Waals surface area contributed by atoms with Gasteiger partial charge < -0.3 is 14.6 Å². The summed E-state index contributed by atoms with van der Waals surface area (Å²) >= 11 is 0. The summed E-state index contributed by atoms with van der Waals surface area (Å²) in [5.41, 5.74) is 3.96. The van der Waals surface area contributed by atoms with Gasteiger partial charge in [0.25, 0.3) is 5.91 Å². The van der Waals surface area contributed by atoms with Crippen LogP contribution in [0.5, 0.6) is 0 Å². The van der Waals surface area contributed by atoms with Gasteiger partial charge in [0.15, 0.2) is 0 Å². The van der Waals surface area contributed by atoms with Gasteiger partial charge >= 0.3 is 0 Å². The first-order valence-corrected chi connectivity index (χ1v) is 14.6. The summed E-state index contributed by atoms with van der Waals surface area (Å²) in [7, 11) is -1.15. The summed E-state index contributed by atoms with van der Waals surface area (Å²) < 4.78 is 8.17. The summed E-state index contributed by atoms with van der Waals surface area (Å²) in [6.45, 7) is 10.7. The van der Waals surface area contributed by atoms with Crippen molar-refractivity contribution in [3.05, 3.63) is 54.6 Å². The molecular formula is C24H29N5O2Si. The van der Waals surface area contributed by atoms with Gasteiger partial charge in [0.05, 0.1) is 11.2 Å². The number of aromatic nitrogens is 4. The van der Waals surface area contributed by atoms with Crippen LogP contribution in [0.1, 0.15) is 17.4 Å². The van der Waals surface area contributed by atoms with Crippen molar-refractivity contribution in [2.24, 2.45) is 0 Å². The molecule has 4 aromatic heterocycles. The number of hydrogen-bond acceptors (Lipinski definition) is 5. The van der Waals surface area contributed by atoms with E-state index in [1.165, 1.54) is 0 Å². The van der Waals surface area contributed by atoms with E-state index in [1.807, 2.05) is 31.3 Å². The van der Waals surface area contributed by atoms with Gasteiger partial charge in [-0.15, -0.1) is 0 Å². The molecule has 0 saturated heterocycles. The average molecular weight is 448 g/mol. The number of amides is 1. The van der Waals surface area contributed by atoms with Gasteiger partial charge in [0.1, 0.15) is 18.1 Å². The van der Waals surface area contributed by atoms with Crippen LogP contribution >= 0.6 is 0 Å². The fourth-order valence-electron chi connectivity index (χ4n) is 3.56. The Hall–Kier alpha value is -3.10. The first-order chi connectivity index (χ1) is 15.4. The summed E-state index contributed by atoms with van der Waals surface area (Å²) in [6, 6.07) is 10.8. The smallest absolute Gasteiger partial charge is 0.269 e. The predicted octanol–water partition coefficient (Wildman–Crippen LogP) is 4.71. The van der Waals surface area contributed by atoms with Gasteiger partial charge in [0, 0.05) is 56.2 Å². The maximum absolute atomic E-state index is 12.0. The third-order valence-electron chi connectivity index (χ3n) is 5.36. The summed E-state index contributed by atoms with van der Waals surface area (Å²) in [5.74, 6) is -0.175. The number of hydrogen-bond donors (Lipinski definition) is 1. The van der Waals surface area contributed by atoms with Crippen LogP contribution in [0.4, 0.5) is 0 Å². The van der Waals surface area contributed by atoms with Crippen molar-refractivity contribution >= 4 is 35.9 Å². The minimum atomic E-state index is -1.15. The second kappa shape index (κ2) is 9.18. The van der Waals surface area contributed by atoms with E-state index in [4.69, 9.17) is 9.72 Å². The van der Waals surface area contributed by atoms with E-state index in [1.54, 1.807) is 18.5 Å². The normalized spacial score (nSPS) is 11.9. The van der Waals surface area contributed by atoms with Crippen LogP contribution < -0.4 is 5.32 Å². The molecule has 0 aliphatic rings. The van der Waals surface area contributed by atoms with E-state index in [0.717, 1.165) is 45.8 Å². The molecule has 0 spiro atoms. The molecule has 0 fully saturated rings. The molecule has 0 saturated carbocycles. The van der Waals surface area contributed by atoms with E-state index < -0.39 is 8.07 Å². The van der Waals surface area contributed by atoms with Gasteiger partial charge in [-0.3, -0.25) is 14.8 Å². The Morgan fingerprint density at radius 2 is 1.94 bits per heavy atom. The highest BCUT2D eigenvalue weighted by molar-refractivity contribution is 6.76. The second-order valence-electron chi connectivity index (χ2n) is 9.03. The van der Waals surface area contributed by atoms with E-state index in [-0.39, 0.29) is 5.91 Å². The zero-order valence-electron chi connectivity index (χ0n) is 19.1. The van der Waals surface area contributed by atoms with Gasteiger partial charge in [0.2, 0.25) is 0 Å². The molecule has 1 N–H and O–H groups in total. The number of nitrogens with zero attached hydrogens (tertiary/aromatic N) is 4.